The molecular weight excluding hydrogens is 192 g/mol. The van der Waals surface area contributed by atoms with Crippen LogP contribution >= 0.6 is 0 Å². The summed E-state index contributed by atoms with van der Waals surface area (Å²) < 4.78 is 4.94. The van der Waals surface area contributed by atoms with Gasteiger partial charge in [0, 0.05) is 25.7 Å². The quantitative estimate of drug-likeness (QED) is 0.735. The number of nitrogens with zero attached hydrogens (tertiary/aromatic N) is 1. The molecule has 4 heteroatoms. The number of nitrogens with one attached hydrogen (secondary N) is 1. The van der Waals surface area contributed by atoms with Crippen molar-refractivity contribution in [1.82, 2.24) is 10.2 Å². The number of piperidine rings is 1. The number of likely N-dealkylation sites (tertiary alicyclic amines) is 1. The fourth-order valence-corrected chi connectivity index (χ4v) is 2.69. The predicted molar refractivity (Wildman–Crippen MR) is 57.6 cm³/mol. The molecule has 4 nitrogen and oxygen atoms in total. The van der Waals surface area contributed by atoms with Gasteiger partial charge in [0.05, 0.1) is 13.0 Å². The molecule has 0 bridgehead atoms. The van der Waals surface area contributed by atoms with Crippen molar-refractivity contribution in [3.63, 3.8) is 0 Å². The summed E-state index contributed by atoms with van der Waals surface area (Å²) in [4.78, 5) is 13.9. The van der Waals surface area contributed by atoms with Crippen LogP contribution in [-0.2, 0) is 9.53 Å². The standard InChI is InChI=1S/C11H20N2O2/c1-15-8-5-11(14)13-7-4-9-10(13)3-2-6-12-9/h9-10,12H,2-8H2,1H3. The van der Waals surface area contributed by atoms with Crippen LogP contribution in [0.5, 0.6) is 0 Å². The van der Waals surface area contributed by atoms with Gasteiger partial charge in [0.15, 0.2) is 0 Å². The zero-order valence-corrected chi connectivity index (χ0v) is 9.37. The van der Waals surface area contributed by atoms with Crippen molar-refractivity contribution in [2.24, 2.45) is 0 Å². The Morgan fingerprint density at radius 2 is 2.40 bits per heavy atom. The maximum atomic E-state index is 11.9. The number of hydrogen-bond acceptors (Lipinski definition) is 3. The van der Waals surface area contributed by atoms with Crippen LogP contribution in [0.25, 0.3) is 0 Å². The highest BCUT2D eigenvalue weighted by atomic mass is 16.5. The van der Waals surface area contributed by atoms with Crippen molar-refractivity contribution in [1.29, 1.82) is 0 Å². The number of carbonyl (C=O) groups is 1. The van der Waals surface area contributed by atoms with E-state index < -0.39 is 0 Å². The summed E-state index contributed by atoms with van der Waals surface area (Å²) in [5, 5.41) is 3.50. The lowest BCUT2D eigenvalue weighted by Gasteiger charge is -2.32. The van der Waals surface area contributed by atoms with Gasteiger partial charge in [-0.05, 0) is 25.8 Å². The number of rotatable bonds is 3. The molecule has 2 aliphatic heterocycles. The van der Waals surface area contributed by atoms with E-state index in [9.17, 15) is 4.79 Å². The maximum absolute atomic E-state index is 11.9. The van der Waals surface area contributed by atoms with E-state index in [0.29, 0.717) is 25.1 Å². The topological polar surface area (TPSA) is 41.6 Å². The maximum Gasteiger partial charge on any atom is 0.225 e. The Balaban J connectivity index is 1.89. The molecule has 0 aliphatic carbocycles. The second kappa shape index (κ2) is 4.94. The first-order valence-corrected chi connectivity index (χ1v) is 5.84. The summed E-state index contributed by atoms with van der Waals surface area (Å²) in [5.74, 6) is 0.257. The molecule has 2 atom stereocenters. The molecule has 2 fully saturated rings. The number of ether oxygens (including phenoxy) is 1. The van der Waals surface area contributed by atoms with Crippen molar-refractivity contribution >= 4 is 5.91 Å². The van der Waals surface area contributed by atoms with Gasteiger partial charge in [-0.15, -0.1) is 0 Å². The molecule has 15 heavy (non-hydrogen) atoms. The third-order valence-corrected chi connectivity index (χ3v) is 3.47. The number of amides is 1. The highest BCUT2D eigenvalue weighted by Gasteiger charge is 2.37. The molecule has 0 saturated carbocycles. The van der Waals surface area contributed by atoms with Crippen LogP contribution in [0, 0.1) is 0 Å². The molecule has 2 aliphatic rings. The Kier molecular flexibility index (Phi) is 3.59. The molecule has 1 amide bonds. The SMILES string of the molecule is COCCC(=O)N1CCC2NCCCC21. The molecule has 0 aromatic heterocycles. The van der Waals surface area contributed by atoms with E-state index in [0.717, 1.165) is 25.9 Å². The van der Waals surface area contributed by atoms with Crippen molar-refractivity contribution < 1.29 is 9.53 Å². The number of carbonyl (C=O) groups excluding carboxylic acids is 1. The third kappa shape index (κ3) is 2.32. The first-order chi connectivity index (χ1) is 7.33. The van der Waals surface area contributed by atoms with Gasteiger partial charge < -0.3 is 15.0 Å². The molecular formula is C11H20N2O2. The summed E-state index contributed by atoms with van der Waals surface area (Å²) in [6.07, 6.45) is 3.99. The molecule has 2 saturated heterocycles. The average Bonchev–Trinajstić information content (AvgIpc) is 2.69. The fourth-order valence-electron chi connectivity index (χ4n) is 2.69. The first kappa shape index (κ1) is 10.9. The van der Waals surface area contributed by atoms with Crippen LogP contribution in [0.4, 0.5) is 0 Å². The molecule has 2 unspecified atom stereocenters. The largest absolute Gasteiger partial charge is 0.384 e. The first-order valence-electron chi connectivity index (χ1n) is 5.84. The van der Waals surface area contributed by atoms with E-state index in [2.05, 4.69) is 10.2 Å². The highest BCUT2D eigenvalue weighted by Crippen LogP contribution is 2.25. The number of fused-ring (bicyclic) bond motifs is 1. The van der Waals surface area contributed by atoms with E-state index in [1.165, 1.54) is 6.42 Å². The lowest BCUT2D eigenvalue weighted by Crippen LogP contribution is -2.48. The zero-order valence-electron chi connectivity index (χ0n) is 9.37. The predicted octanol–water partition coefficient (Wildman–Crippen LogP) is 0.376. The van der Waals surface area contributed by atoms with Gasteiger partial charge in [-0.25, -0.2) is 0 Å². The Labute approximate surface area is 91.0 Å². The van der Waals surface area contributed by atoms with Crippen molar-refractivity contribution in [3.05, 3.63) is 0 Å². The van der Waals surface area contributed by atoms with Gasteiger partial charge in [0.25, 0.3) is 0 Å². The second-order valence-electron chi connectivity index (χ2n) is 4.39. The van der Waals surface area contributed by atoms with E-state index in [-0.39, 0.29) is 5.91 Å². The molecule has 86 valence electrons. The normalized spacial score (nSPS) is 30.3. The molecule has 0 spiro atoms. The van der Waals surface area contributed by atoms with E-state index >= 15 is 0 Å². The third-order valence-electron chi connectivity index (χ3n) is 3.47. The van der Waals surface area contributed by atoms with Gasteiger partial charge in [-0.3, -0.25) is 4.79 Å². The lowest BCUT2D eigenvalue weighted by atomic mass is 9.99. The van der Waals surface area contributed by atoms with Gasteiger partial charge in [0.1, 0.15) is 0 Å². The van der Waals surface area contributed by atoms with Crippen molar-refractivity contribution in [2.45, 2.75) is 37.8 Å². The fraction of sp³-hybridized carbons (Fsp3) is 0.909. The molecule has 1 N–H and O–H groups in total. The van der Waals surface area contributed by atoms with Gasteiger partial charge in [-0.2, -0.15) is 0 Å². The molecule has 0 aromatic rings. The van der Waals surface area contributed by atoms with Crippen LogP contribution in [0.3, 0.4) is 0 Å². The highest BCUT2D eigenvalue weighted by molar-refractivity contribution is 5.77. The second-order valence-corrected chi connectivity index (χ2v) is 4.39. The van der Waals surface area contributed by atoms with Crippen LogP contribution in [0.15, 0.2) is 0 Å². The Hall–Kier alpha value is -0.610. The monoisotopic (exact) mass is 212 g/mol. The van der Waals surface area contributed by atoms with E-state index in [4.69, 9.17) is 4.74 Å². The molecule has 2 rings (SSSR count). The minimum absolute atomic E-state index is 0.257. The summed E-state index contributed by atoms with van der Waals surface area (Å²) >= 11 is 0. The minimum Gasteiger partial charge on any atom is -0.384 e. The lowest BCUT2D eigenvalue weighted by molar-refractivity contribution is -0.133. The molecule has 0 radical (unpaired) electrons. The number of hydrogen-bond donors (Lipinski definition) is 1. The Morgan fingerprint density at radius 1 is 1.53 bits per heavy atom. The van der Waals surface area contributed by atoms with Crippen LogP contribution in [-0.4, -0.2) is 49.7 Å². The Bertz CT molecular complexity index is 233. The van der Waals surface area contributed by atoms with Gasteiger partial charge >= 0.3 is 0 Å². The van der Waals surface area contributed by atoms with Crippen LogP contribution < -0.4 is 5.32 Å². The number of methoxy groups -OCH3 is 1. The average molecular weight is 212 g/mol. The smallest absolute Gasteiger partial charge is 0.225 e. The minimum atomic E-state index is 0.257. The van der Waals surface area contributed by atoms with Crippen molar-refractivity contribution in [3.8, 4) is 0 Å². The molecule has 0 aromatic carbocycles. The van der Waals surface area contributed by atoms with E-state index in [1.807, 2.05) is 0 Å². The Morgan fingerprint density at radius 3 is 3.20 bits per heavy atom. The summed E-state index contributed by atoms with van der Waals surface area (Å²) in [5.41, 5.74) is 0. The van der Waals surface area contributed by atoms with Crippen molar-refractivity contribution in [2.75, 3.05) is 26.8 Å². The summed E-state index contributed by atoms with van der Waals surface area (Å²) in [6.45, 7) is 2.58. The van der Waals surface area contributed by atoms with Gasteiger partial charge in [0.2, 0.25) is 5.91 Å². The molecule has 2 heterocycles. The van der Waals surface area contributed by atoms with Gasteiger partial charge in [-0.1, -0.05) is 0 Å². The summed E-state index contributed by atoms with van der Waals surface area (Å²) in [6, 6.07) is 0.994. The summed E-state index contributed by atoms with van der Waals surface area (Å²) in [7, 11) is 1.64. The van der Waals surface area contributed by atoms with Crippen LogP contribution in [0.2, 0.25) is 0 Å². The van der Waals surface area contributed by atoms with E-state index in [1.54, 1.807) is 7.11 Å². The zero-order chi connectivity index (χ0) is 10.7. The van der Waals surface area contributed by atoms with Crippen LogP contribution in [0.1, 0.15) is 25.7 Å².